The summed E-state index contributed by atoms with van der Waals surface area (Å²) in [5.74, 6) is -1.85. The third-order valence-electron chi connectivity index (χ3n) is 5.82. The number of hydrogen-bond donors (Lipinski definition) is 0. The maximum atomic E-state index is 13.6. The lowest BCUT2D eigenvalue weighted by Crippen LogP contribution is -2.28. The van der Waals surface area contributed by atoms with Crippen molar-refractivity contribution in [3.8, 4) is 11.4 Å². The second-order valence-corrected chi connectivity index (χ2v) is 9.13. The average molecular weight is 387 g/mol. The lowest BCUT2D eigenvalue weighted by molar-refractivity contribution is -0.0387. The van der Waals surface area contributed by atoms with Crippen LogP contribution < -0.4 is 0 Å². The van der Waals surface area contributed by atoms with E-state index in [4.69, 9.17) is 9.97 Å². The largest absolute Gasteiger partial charge is 0.290 e. The van der Waals surface area contributed by atoms with Crippen molar-refractivity contribution in [3.63, 3.8) is 0 Å². The number of hydrogen-bond acceptors (Lipinski definition) is 4. The molecular weight excluding hydrogens is 360 g/mol. The van der Waals surface area contributed by atoms with E-state index < -0.39 is 5.92 Å². The van der Waals surface area contributed by atoms with Crippen LogP contribution in [0.1, 0.15) is 75.4 Å². The quantitative estimate of drug-likeness (QED) is 0.738. The molecule has 7 heteroatoms. The molecule has 1 fully saturated rings. The van der Waals surface area contributed by atoms with Crippen LogP contribution in [0.4, 0.5) is 8.78 Å². The Hall–Kier alpha value is -2.18. The van der Waals surface area contributed by atoms with Gasteiger partial charge in [-0.05, 0) is 24.3 Å². The molecule has 1 atom stereocenters. The molecule has 0 spiro atoms. The third kappa shape index (κ3) is 3.59. The van der Waals surface area contributed by atoms with Crippen molar-refractivity contribution in [3.05, 3.63) is 29.3 Å². The molecule has 3 heterocycles. The molecule has 2 aromatic heterocycles. The number of fused-ring (bicyclic) bond motifs is 1. The van der Waals surface area contributed by atoms with E-state index in [1.165, 1.54) is 0 Å². The fraction of sp³-hybridized carbons (Fsp3) is 0.619. The molecule has 1 aliphatic heterocycles. The number of alkyl halides is 2. The summed E-state index contributed by atoms with van der Waals surface area (Å²) >= 11 is 0. The van der Waals surface area contributed by atoms with Crippen molar-refractivity contribution >= 4 is 6.21 Å². The first-order valence-electron chi connectivity index (χ1n) is 9.92. The van der Waals surface area contributed by atoms with E-state index in [9.17, 15) is 8.78 Å². The fourth-order valence-electron chi connectivity index (χ4n) is 4.18. The molecule has 1 unspecified atom stereocenters. The number of aryl methyl sites for hydroxylation is 1. The summed E-state index contributed by atoms with van der Waals surface area (Å²) < 4.78 is 29.0. The van der Waals surface area contributed by atoms with E-state index in [2.05, 4.69) is 30.9 Å². The molecule has 0 aromatic carbocycles. The van der Waals surface area contributed by atoms with Crippen LogP contribution in [0.25, 0.3) is 11.4 Å². The summed E-state index contributed by atoms with van der Waals surface area (Å²) in [6, 6.07) is 1.95. The van der Waals surface area contributed by atoms with Crippen LogP contribution in [0.5, 0.6) is 0 Å². The molecule has 0 N–H and O–H groups in total. The van der Waals surface area contributed by atoms with Gasteiger partial charge in [-0.2, -0.15) is 5.10 Å². The molecule has 1 aliphatic carbocycles. The highest BCUT2D eigenvalue weighted by molar-refractivity contribution is 5.77. The summed E-state index contributed by atoms with van der Waals surface area (Å²) in [5.41, 5.74) is 3.56. The van der Waals surface area contributed by atoms with E-state index in [1.54, 1.807) is 4.68 Å². The van der Waals surface area contributed by atoms with Gasteiger partial charge in [-0.15, -0.1) is 0 Å². The lowest BCUT2D eigenvalue weighted by Gasteiger charge is -2.33. The van der Waals surface area contributed by atoms with Gasteiger partial charge in [0.15, 0.2) is 0 Å². The van der Waals surface area contributed by atoms with Crippen LogP contribution >= 0.6 is 0 Å². The van der Waals surface area contributed by atoms with Crippen LogP contribution in [-0.2, 0) is 13.6 Å². The first-order valence-corrected chi connectivity index (χ1v) is 9.92. The zero-order valence-corrected chi connectivity index (χ0v) is 16.9. The molecule has 0 radical (unpaired) electrons. The number of aromatic nitrogens is 4. The number of rotatable bonds is 2. The number of aliphatic imine (C=N–C) groups is 1. The Morgan fingerprint density at radius 1 is 1.14 bits per heavy atom. The molecule has 1 saturated carbocycles. The smallest absolute Gasteiger partial charge is 0.248 e. The van der Waals surface area contributed by atoms with Gasteiger partial charge in [-0.3, -0.25) is 9.67 Å². The van der Waals surface area contributed by atoms with Gasteiger partial charge in [-0.25, -0.2) is 18.7 Å². The standard InChI is InChI=1S/C21H27F2N5/c1-20(2,3)14-11-24-12-16-17(14)18(15-7-10-28(4)27-15)26-19(25-16)13-5-8-21(22,23)9-6-13/h7,10-11,13-14H,5-6,8-9,12H2,1-4H3. The van der Waals surface area contributed by atoms with Gasteiger partial charge >= 0.3 is 0 Å². The Balaban J connectivity index is 1.82. The van der Waals surface area contributed by atoms with Crippen molar-refractivity contribution in [1.82, 2.24) is 19.7 Å². The van der Waals surface area contributed by atoms with E-state index in [0.29, 0.717) is 25.2 Å². The molecular formula is C21H27F2N5. The first kappa shape index (κ1) is 19.2. The minimum Gasteiger partial charge on any atom is -0.290 e. The van der Waals surface area contributed by atoms with Crippen LogP contribution in [0.3, 0.4) is 0 Å². The summed E-state index contributed by atoms with van der Waals surface area (Å²) in [4.78, 5) is 14.3. The van der Waals surface area contributed by atoms with E-state index >= 15 is 0 Å². The predicted octanol–water partition coefficient (Wildman–Crippen LogP) is 4.88. The molecule has 2 aliphatic rings. The number of nitrogens with zero attached hydrogens (tertiary/aromatic N) is 5. The van der Waals surface area contributed by atoms with E-state index in [-0.39, 0.29) is 30.1 Å². The van der Waals surface area contributed by atoms with E-state index in [0.717, 1.165) is 22.6 Å². The van der Waals surface area contributed by atoms with Gasteiger partial charge in [-0.1, -0.05) is 20.8 Å². The average Bonchev–Trinajstić information content (AvgIpc) is 3.05. The Kier molecular flexibility index (Phi) is 4.59. The van der Waals surface area contributed by atoms with Gasteiger partial charge in [0.25, 0.3) is 0 Å². The molecule has 4 rings (SSSR count). The van der Waals surface area contributed by atoms with Crippen LogP contribution in [0.15, 0.2) is 17.3 Å². The van der Waals surface area contributed by atoms with Crippen LogP contribution in [0.2, 0.25) is 0 Å². The molecule has 2 aromatic rings. The van der Waals surface area contributed by atoms with Gasteiger partial charge in [0.2, 0.25) is 5.92 Å². The normalized spacial score (nSPS) is 22.3. The first-order chi connectivity index (χ1) is 13.1. The monoisotopic (exact) mass is 387 g/mol. The molecule has 150 valence electrons. The maximum Gasteiger partial charge on any atom is 0.248 e. The zero-order chi connectivity index (χ0) is 20.1. The van der Waals surface area contributed by atoms with Crippen molar-refractivity contribution in [2.75, 3.05) is 0 Å². The van der Waals surface area contributed by atoms with Crippen LogP contribution in [0, 0.1) is 5.41 Å². The SMILES string of the molecule is Cn1ccc(-c2nc(C3CCC(F)(F)CC3)nc3c2C(C(C)(C)C)C=NC3)n1. The summed E-state index contributed by atoms with van der Waals surface area (Å²) in [7, 11) is 1.88. The van der Waals surface area contributed by atoms with Crippen molar-refractivity contribution in [2.24, 2.45) is 17.5 Å². The topological polar surface area (TPSA) is 56.0 Å². The second kappa shape index (κ2) is 6.71. The van der Waals surface area contributed by atoms with Crippen molar-refractivity contribution < 1.29 is 8.78 Å². The van der Waals surface area contributed by atoms with Crippen molar-refractivity contribution in [2.45, 2.75) is 70.8 Å². The van der Waals surface area contributed by atoms with Gasteiger partial charge in [0.1, 0.15) is 11.5 Å². The van der Waals surface area contributed by atoms with Crippen LogP contribution in [-0.4, -0.2) is 31.9 Å². The molecule has 0 amide bonds. The second-order valence-electron chi connectivity index (χ2n) is 9.13. The van der Waals surface area contributed by atoms with E-state index in [1.807, 2.05) is 25.5 Å². The highest BCUT2D eigenvalue weighted by Gasteiger charge is 2.38. The summed E-state index contributed by atoms with van der Waals surface area (Å²) in [6.45, 7) is 7.04. The summed E-state index contributed by atoms with van der Waals surface area (Å²) in [5, 5.41) is 4.58. The molecule has 0 saturated heterocycles. The minimum absolute atomic E-state index is 0.0358. The van der Waals surface area contributed by atoms with Gasteiger partial charge < -0.3 is 0 Å². The Bertz CT molecular complexity index is 900. The third-order valence-corrected chi connectivity index (χ3v) is 5.82. The molecule has 28 heavy (non-hydrogen) atoms. The predicted molar refractivity (Wildman–Crippen MR) is 105 cm³/mol. The molecule has 5 nitrogen and oxygen atoms in total. The summed E-state index contributed by atoms with van der Waals surface area (Å²) in [6.07, 6.45) is 4.53. The zero-order valence-electron chi connectivity index (χ0n) is 16.9. The maximum absolute atomic E-state index is 13.6. The highest BCUT2D eigenvalue weighted by atomic mass is 19.3. The van der Waals surface area contributed by atoms with Crippen molar-refractivity contribution in [1.29, 1.82) is 0 Å². The van der Waals surface area contributed by atoms with Gasteiger partial charge in [0.05, 0.1) is 17.9 Å². The Labute approximate surface area is 164 Å². The minimum atomic E-state index is -2.56. The Morgan fingerprint density at radius 2 is 1.86 bits per heavy atom. The lowest BCUT2D eigenvalue weighted by atomic mass is 9.74. The fourth-order valence-corrected chi connectivity index (χ4v) is 4.18. The highest BCUT2D eigenvalue weighted by Crippen LogP contribution is 2.44. The number of halogens is 2. The molecule has 0 bridgehead atoms. The Morgan fingerprint density at radius 3 is 2.46 bits per heavy atom. The van der Waals surface area contributed by atoms with Gasteiger partial charge in [0, 0.05) is 49.7 Å².